The van der Waals surface area contributed by atoms with Gasteiger partial charge in [-0.2, -0.15) is 5.10 Å². The second kappa shape index (κ2) is 9.52. The number of benzene rings is 2. The number of aromatic nitrogens is 2. The van der Waals surface area contributed by atoms with Crippen molar-refractivity contribution in [1.29, 1.82) is 0 Å². The number of hydrogen-bond donors (Lipinski definition) is 0. The topological polar surface area (TPSA) is 44.1 Å². The Morgan fingerprint density at radius 3 is 2.42 bits per heavy atom. The van der Waals surface area contributed by atoms with Crippen molar-refractivity contribution < 1.29 is 9.53 Å². The first kappa shape index (κ1) is 22.8. The highest BCUT2D eigenvalue weighted by Gasteiger charge is 2.13. The lowest BCUT2D eigenvalue weighted by Crippen LogP contribution is -2.10. The highest BCUT2D eigenvalue weighted by atomic mass is 35.5. The van der Waals surface area contributed by atoms with E-state index in [1.807, 2.05) is 54.9 Å². The molecule has 0 spiro atoms. The molecule has 0 fully saturated rings. The highest BCUT2D eigenvalue weighted by molar-refractivity contribution is 6.31. The number of nitrogens with zero attached hydrogens (tertiary/aromatic N) is 2. The molecule has 162 valence electrons. The van der Waals surface area contributed by atoms with E-state index in [0.717, 1.165) is 28.1 Å². The number of carbonyl (C=O) groups excluding carboxylic acids is 1. The Morgan fingerprint density at radius 2 is 1.77 bits per heavy atom. The molecule has 0 saturated carbocycles. The number of ether oxygens (including phenoxy) is 1. The summed E-state index contributed by atoms with van der Waals surface area (Å²) in [5, 5.41) is 5.31. The van der Waals surface area contributed by atoms with Crippen LogP contribution in [0.2, 0.25) is 5.02 Å². The molecule has 0 radical (unpaired) electrons. The van der Waals surface area contributed by atoms with E-state index in [-0.39, 0.29) is 18.0 Å². The maximum atomic E-state index is 12.2. The number of hydrogen-bond acceptors (Lipinski definition) is 3. The van der Waals surface area contributed by atoms with Gasteiger partial charge in [-0.25, -0.2) is 4.79 Å². The molecule has 3 rings (SSSR count). The van der Waals surface area contributed by atoms with Crippen LogP contribution in [0.3, 0.4) is 0 Å². The van der Waals surface area contributed by atoms with Gasteiger partial charge in [-0.3, -0.25) is 4.68 Å². The molecule has 1 heterocycles. The second-order valence-corrected chi connectivity index (χ2v) is 9.13. The zero-order chi connectivity index (χ0) is 22.6. The summed E-state index contributed by atoms with van der Waals surface area (Å²) < 4.78 is 7.30. The molecular weight excluding hydrogens is 408 g/mol. The molecule has 2 aromatic carbocycles. The molecule has 3 aromatic rings. The Bertz CT molecular complexity index is 1090. The summed E-state index contributed by atoms with van der Waals surface area (Å²) >= 11 is 6.28. The monoisotopic (exact) mass is 436 g/mol. The largest absolute Gasteiger partial charge is 0.458 e. The van der Waals surface area contributed by atoms with E-state index in [4.69, 9.17) is 16.3 Å². The standard InChI is InChI=1S/C26H29ClN2O2/c1-18-23(19(2)29(28-18)16-21-8-6-7-9-24(21)27)14-15-25(30)31-17-20-10-12-22(13-11-20)26(3,4)5/h6-15H,16-17H2,1-5H3. The van der Waals surface area contributed by atoms with Crippen molar-refractivity contribution in [3.63, 3.8) is 0 Å². The van der Waals surface area contributed by atoms with E-state index in [0.29, 0.717) is 11.6 Å². The van der Waals surface area contributed by atoms with Crippen LogP contribution >= 0.6 is 11.6 Å². The molecule has 1 aromatic heterocycles. The van der Waals surface area contributed by atoms with Gasteiger partial charge in [0.15, 0.2) is 0 Å². The molecule has 4 nitrogen and oxygen atoms in total. The lowest BCUT2D eigenvalue weighted by Gasteiger charge is -2.19. The molecule has 0 amide bonds. The number of esters is 1. The van der Waals surface area contributed by atoms with Gasteiger partial charge in [-0.15, -0.1) is 0 Å². The third-order valence-electron chi connectivity index (χ3n) is 5.30. The predicted octanol–water partition coefficient (Wildman–Crippen LogP) is 6.26. The summed E-state index contributed by atoms with van der Waals surface area (Å²) in [4.78, 5) is 12.2. The van der Waals surface area contributed by atoms with Crippen molar-refractivity contribution in [3.05, 3.63) is 93.3 Å². The van der Waals surface area contributed by atoms with Gasteiger partial charge >= 0.3 is 5.97 Å². The van der Waals surface area contributed by atoms with Crippen LogP contribution in [-0.4, -0.2) is 15.7 Å². The van der Waals surface area contributed by atoms with Gasteiger partial charge in [0.2, 0.25) is 0 Å². The summed E-state index contributed by atoms with van der Waals surface area (Å²) in [7, 11) is 0. The molecule has 31 heavy (non-hydrogen) atoms. The predicted molar refractivity (Wildman–Crippen MR) is 126 cm³/mol. The summed E-state index contributed by atoms with van der Waals surface area (Å²) in [5.41, 5.74) is 6.06. The third-order valence-corrected chi connectivity index (χ3v) is 5.67. The van der Waals surface area contributed by atoms with Gasteiger partial charge in [0.25, 0.3) is 0 Å². The van der Waals surface area contributed by atoms with Crippen molar-refractivity contribution in [2.75, 3.05) is 0 Å². The summed E-state index contributed by atoms with van der Waals surface area (Å²) in [6.07, 6.45) is 3.23. The first-order valence-electron chi connectivity index (χ1n) is 10.4. The van der Waals surface area contributed by atoms with E-state index in [9.17, 15) is 4.79 Å². The number of halogens is 1. The van der Waals surface area contributed by atoms with E-state index in [1.165, 1.54) is 11.6 Å². The van der Waals surface area contributed by atoms with Crippen LogP contribution in [0, 0.1) is 13.8 Å². The molecule has 0 aliphatic heterocycles. The third kappa shape index (κ3) is 5.86. The van der Waals surface area contributed by atoms with Gasteiger partial charge in [0.05, 0.1) is 12.2 Å². The van der Waals surface area contributed by atoms with Crippen molar-refractivity contribution in [2.24, 2.45) is 0 Å². The molecule has 0 unspecified atom stereocenters. The lowest BCUT2D eigenvalue weighted by atomic mass is 9.87. The number of aryl methyl sites for hydroxylation is 1. The quantitative estimate of drug-likeness (QED) is 0.338. The van der Waals surface area contributed by atoms with Crippen LogP contribution in [-0.2, 0) is 28.1 Å². The minimum absolute atomic E-state index is 0.101. The van der Waals surface area contributed by atoms with E-state index in [2.05, 4.69) is 38.0 Å². The van der Waals surface area contributed by atoms with Gasteiger partial charge in [-0.1, -0.05) is 74.8 Å². The van der Waals surface area contributed by atoms with Gasteiger partial charge in [-0.05, 0) is 48.1 Å². The van der Waals surface area contributed by atoms with Crippen LogP contribution < -0.4 is 0 Å². The Kier molecular flexibility index (Phi) is 7.01. The van der Waals surface area contributed by atoms with E-state index < -0.39 is 0 Å². The molecule has 0 aliphatic carbocycles. The minimum Gasteiger partial charge on any atom is -0.458 e. The first-order valence-corrected chi connectivity index (χ1v) is 10.7. The van der Waals surface area contributed by atoms with Crippen molar-refractivity contribution >= 4 is 23.6 Å². The highest BCUT2D eigenvalue weighted by Crippen LogP contribution is 2.23. The van der Waals surface area contributed by atoms with Crippen molar-refractivity contribution in [2.45, 2.75) is 53.2 Å². The molecule has 0 aliphatic rings. The van der Waals surface area contributed by atoms with Crippen molar-refractivity contribution in [1.82, 2.24) is 9.78 Å². The fourth-order valence-electron chi connectivity index (χ4n) is 3.35. The Labute approximate surface area is 189 Å². The van der Waals surface area contributed by atoms with Crippen LogP contribution in [0.4, 0.5) is 0 Å². The lowest BCUT2D eigenvalue weighted by molar-refractivity contribution is -0.138. The minimum atomic E-state index is -0.377. The Balaban J connectivity index is 1.63. The first-order chi connectivity index (χ1) is 14.6. The average Bonchev–Trinajstić information content (AvgIpc) is 2.99. The second-order valence-electron chi connectivity index (χ2n) is 8.72. The van der Waals surface area contributed by atoms with E-state index >= 15 is 0 Å². The normalized spacial score (nSPS) is 11.8. The summed E-state index contributed by atoms with van der Waals surface area (Å²) in [6, 6.07) is 15.9. The molecule has 0 N–H and O–H groups in total. The van der Waals surface area contributed by atoms with Crippen LogP contribution in [0.25, 0.3) is 6.08 Å². The molecule has 5 heteroatoms. The van der Waals surface area contributed by atoms with Gasteiger partial charge in [0.1, 0.15) is 6.61 Å². The fourth-order valence-corrected chi connectivity index (χ4v) is 3.54. The Hall–Kier alpha value is -2.85. The summed E-state index contributed by atoms with van der Waals surface area (Å²) in [6.45, 7) is 11.3. The van der Waals surface area contributed by atoms with Crippen LogP contribution in [0.1, 0.15) is 54.4 Å². The van der Waals surface area contributed by atoms with E-state index in [1.54, 1.807) is 6.08 Å². The van der Waals surface area contributed by atoms with Crippen molar-refractivity contribution in [3.8, 4) is 0 Å². The average molecular weight is 437 g/mol. The maximum absolute atomic E-state index is 12.2. The Morgan fingerprint density at radius 1 is 1.10 bits per heavy atom. The zero-order valence-corrected chi connectivity index (χ0v) is 19.5. The zero-order valence-electron chi connectivity index (χ0n) is 18.8. The molecule has 0 bridgehead atoms. The molecular formula is C26H29ClN2O2. The van der Waals surface area contributed by atoms with Crippen LogP contribution in [0.5, 0.6) is 0 Å². The molecule has 0 atom stereocenters. The van der Waals surface area contributed by atoms with Gasteiger partial charge in [0, 0.05) is 22.4 Å². The van der Waals surface area contributed by atoms with Gasteiger partial charge < -0.3 is 4.74 Å². The summed E-state index contributed by atoms with van der Waals surface area (Å²) in [5.74, 6) is -0.377. The maximum Gasteiger partial charge on any atom is 0.331 e. The smallest absolute Gasteiger partial charge is 0.331 e. The number of rotatable bonds is 6. The SMILES string of the molecule is Cc1nn(Cc2ccccc2Cl)c(C)c1C=CC(=O)OCc1ccc(C(C)(C)C)cc1. The molecule has 0 saturated heterocycles. The fraction of sp³-hybridized carbons (Fsp3) is 0.308. The number of carbonyl (C=O) groups is 1. The van der Waals surface area contributed by atoms with Crippen LogP contribution in [0.15, 0.2) is 54.6 Å².